The summed E-state index contributed by atoms with van der Waals surface area (Å²) in [5.41, 5.74) is 0. The van der Waals surface area contributed by atoms with Gasteiger partial charge in [-0.25, -0.2) is 0 Å². The molecule has 0 bridgehead atoms. The van der Waals surface area contributed by atoms with Gasteiger partial charge in [0.2, 0.25) is 0 Å². The second-order valence-corrected chi connectivity index (χ2v) is 3.13. The molecule has 1 aromatic carbocycles. The zero-order valence-electron chi connectivity index (χ0n) is 7.60. The predicted molar refractivity (Wildman–Crippen MR) is 46.0 cm³/mol. The van der Waals surface area contributed by atoms with Gasteiger partial charge >= 0.3 is 0 Å². The molecular weight excluding hydrogens is 184 g/mol. The average molecular weight is 193 g/mol. The molecule has 4 nitrogen and oxygen atoms in total. The summed E-state index contributed by atoms with van der Waals surface area (Å²) in [7, 11) is 0. The molecule has 1 aliphatic heterocycles. The molecule has 0 amide bonds. The average Bonchev–Trinajstić information content (AvgIpc) is 2.16. The second kappa shape index (κ2) is 3.21. The van der Waals surface area contributed by atoms with E-state index in [1.54, 1.807) is 31.2 Å². The minimum absolute atomic E-state index is 0.444. The highest BCUT2D eigenvalue weighted by Crippen LogP contribution is 2.33. The standard InChI is InChI=1S/C10H10O4/c1-6-9(10(11)12)14-8-5-3-2-4-7(8)13-6/h2-6,9H,1H3,(H,11,12)/p-1. The number of aliphatic carboxylic acids is 1. The monoisotopic (exact) mass is 193 g/mol. The van der Waals surface area contributed by atoms with Crippen LogP contribution in [0.5, 0.6) is 11.5 Å². The highest BCUT2D eigenvalue weighted by atomic mass is 16.6. The Morgan fingerprint density at radius 1 is 1.29 bits per heavy atom. The molecule has 0 saturated carbocycles. The Kier molecular flexibility index (Phi) is 2.04. The lowest BCUT2D eigenvalue weighted by Gasteiger charge is -2.32. The third-order valence-corrected chi connectivity index (χ3v) is 2.07. The number of rotatable bonds is 1. The fourth-order valence-corrected chi connectivity index (χ4v) is 1.38. The summed E-state index contributed by atoms with van der Waals surface area (Å²) in [6.45, 7) is 1.64. The first kappa shape index (κ1) is 8.87. The van der Waals surface area contributed by atoms with Crippen molar-refractivity contribution in [3.63, 3.8) is 0 Å². The van der Waals surface area contributed by atoms with E-state index in [1.807, 2.05) is 0 Å². The smallest absolute Gasteiger partial charge is 0.174 e. The number of carbonyl (C=O) groups excluding carboxylic acids is 1. The van der Waals surface area contributed by atoms with Crippen molar-refractivity contribution < 1.29 is 19.4 Å². The van der Waals surface area contributed by atoms with Gasteiger partial charge in [0.25, 0.3) is 0 Å². The minimum atomic E-state index is -1.26. The lowest BCUT2D eigenvalue weighted by molar-refractivity contribution is -0.316. The first-order valence-corrected chi connectivity index (χ1v) is 4.31. The molecule has 0 aliphatic carbocycles. The van der Waals surface area contributed by atoms with E-state index in [4.69, 9.17) is 9.47 Å². The number of hydrogen-bond donors (Lipinski definition) is 0. The lowest BCUT2D eigenvalue weighted by atomic mass is 10.2. The van der Waals surface area contributed by atoms with Crippen LogP contribution in [0.4, 0.5) is 0 Å². The first-order valence-electron chi connectivity index (χ1n) is 4.31. The van der Waals surface area contributed by atoms with Crippen molar-refractivity contribution in [1.82, 2.24) is 0 Å². The van der Waals surface area contributed by atoms with Crippen LogP contribution in [0.3, 0.4) is 0 Å². The first-order chi connectivity index (χ1) is 6.68. The van der Waals surface area contributed by atoms with Gasteiger partial charge < -0.3 is 19.4 Å². The van der Waals surface area contributed by atoms with Crippen LogP contribution in [0.25, 0.3) is 0 Å². The van der Waals surface area contributed by atoms with Crippen LogP contribution >= 0.6 is 0 Å². The number of ether oxygens (including phenoxy) is 2. The maximum Gasteiger partial charge on any atom is 0.174 e. The van der Waals surface area contributed by atoms with Crippen molar-refractivity contribution in [3.8, 4) is 11.5 Å². The number of fused-ring (bicyclic) bond motifs is 1. The molecule has 0 radical (unpaired) electrons. The molecule has 2 unspecified atom stereocenters. The van der Waals surface area contributed by atoms with Crippen LogP contribution in [0.2, 0.25) is 0 Å². The molecule has 1 heterocycles. The largest absolute Gasteiger partial charge is 0.546 e. The summed E-state index contributed by atoms with van der Waals surface area (Å²) >= 11 is 0. The van der Waals surface area contributed by atoms with Crippen molar-refractivity contribution in [2.24, 2.45) is 0 Å². The predicted octanol–water partition coefficient (Wildman–Crippen LogP) is -0.0352. The van der Waals surface area contributed by atoms with Crippen molar-refractivity contribution in [2.45, 2.75) is 19.1 Å². The van der Waals surface area contributed by atoms with Crippen LogP contribution in [0.15, 0.2) is 24.3 Å². The molecule has 1 aliphatic rings. The summed E-state index contributed by atoms with van der Waals surface area (Å²) in [5, 5.41) is 10.7. The summed E-state index contributed by atoms with van der Waals surface area (Å²) in [4.78, 5) is 10.7. The van der Waals surface area contributed by atoms with Gasteiger partial charge in [-0.3, -0.25) is 0 Å². The molecule has 0 saturated heterocycles. The molecule has 0 N–H and O–H groups in total. The Balaban J connectivity index is 2.31. The number of carboxylic acids is 1. The van der Waals surface area contributed by atoms with Gasteiger partial charge in [0, 0.05) is 0 Å². The maximum atomic E-state index is 10.7. The van der Waals surface area contributed by atoms with Gasteiger partial charge in [-0.15, -0.1) is 0 Å². The molecule has 0 aromatic heterocycles. The highest BCUT2D eigenvalue weighted by Gasteiger charge is 2.28. The number of hydrogen-bond acceptors (Lipinski definition) is 4. The number of benzene rings is 1. The Morgan fingerprint density at radius 2 is 1.86 bits per heavy atom. The summed E-state index contributed by atoms with van der Waals surface area (Å²) in [6, 6.07) is 6.95. The molecule has 14 heavy (non-hydrogen) atoms. The number of carbonyl (C=O) groups is 1. The molecule has 2 atom stereocenters. The third-order valence-electron chi connectivity index (χ3n) is 2.07. The molecule has 0 spiro atoms. The van der Waals surface area contributed by atoms with E-state index < -0.39 is 18.2 Å². The lowest BCUT2D eigenvalue weighted by Crippen LogP contribution is -2.50. The molecular formula is C10H9O4-. The molecule has 2 rings (SSSR count). The van der Waals surface area contributed by atoms with E-state index in [9.17, 15) is 9.90 Å². The van der Waals surface area contributed by atoms with Crippen molar-refractivity contribution in [3.05, 3.63) is 24.3 Å². The number of para-hydroxylation sites is 2. The zero-order chi connectivity index (χ0) is 10.1. The van der Waals surface area contributed by atoms with Gasteiger partial charge in [-0.1, -0.05) is 12.1 Å². The summed E-state index contributed by atoms with van der Waals surface area (Å²) < 4.78 is 10.6. The molecule has 0 fully saturated rings. The maximum absolute atomic E-state index is 10.7. The Morgan fingerprint density at radius 3 is 2.43 bits per heavy atom. The fraction of sp³-hybridized carbons (Fsp3) is 0.300. The van der Waals surface area contributed by atoms with E-state index in [0.29, 0.717) is 11.5 Å². The third kappa shape index (κ3) is 1.39. The van der Waals surface area contributed by atoms with Crippen LogP contribution in [0, 0.1) is 0 Å². The van der Waals surface area contributed by atoms with Gasteiger partial charge in [-0.2, -0.15) is 0 Å². The van der Waals surface area contributed by atoms with Crippen LogP contribution in [0.1, 0.15) is 6.92 Å². The van der Waals surface area contributed by atoms with Crippen LogP contribution < -0.4 is 14.6 Å². The summed E-state index contributed by atoms with van der Waals surface area (Å²) in [5.74, 6) is -0.246. The number of carboxylic acid groups (broad SMARTS) is 1. The van der Waals surface area contributed by atoms with Crippen molar-refractivity contribution in [2.75, 3.05) is 0 Å². The minimum Gasteiger partial charge on any atom is -0.546 e. The van der Waals surface area contributed by atoms with Gasteiger partial charge in [-0.05, 0) is 19.1 Å². The normalized spacial score (nSPS) is 24.4. The Bertz CT molecular complexity index is 361. The van der Waals surface area contributed by atoms with Gasteiger partial charge in [0.15, 0.2) is 17.6 Å². The zero-order valence-corrected chi connectivity index (χ0v) is 7.60. The van der Waals surface area contributed by atoms with Crippen LogP contribution in [-0.4, -0.2) is 18.2 Å². The Labute approximate surface area is 81.1 Å². The van der Waals surface area contributed by atoms with E-state index in [1.165, 1.54) is 0 Å². The molecule has 1 aromatic rings. The van der Waals surface area contributed by atoms with Crippen molar-refractivity contribution in [1.29, 1.82) is 0 Å². The summed E-state index contributed by atoms with van der Waals surface area (Å²) in [6.07, 6.45) is -1.57. The van der Waals surface area contributed by atoms with E-state index >= 15 is 0 Å². The van der Waals surface area contributed by atoms with E-state index in [2.05, 4.69) is 0 Å². The quantitative estimate of drug-likeness (QED) is 0.628. The second-order valence-electron chi connectivity index (χ2n) is 3.13. The molecule has 4 heteroatoms. The van der Waals surface area contributed by atoms with Gasteiger partial charge in [0.1, 0.15) is 6.10 Å². The SMILES string of the molecule is CC1Oc2ccccc2OC1C(=O)[O-]. The highest BCUT2D eigenvalue weighted by molar-refractivity contribution is 5.72. The topological polar surface area (TPSA) is 58.6 Å². The molecule has 74 valence electrons. The van der Waals surface area contributed by atoms with E-state index in [0.717, 1.165) is 0 Å². The fourth-order valence-electron chi connectivity index (χ4n) is 1.38. The van der Waals surface area contributed by atoms with Gasteiger partial charge in [0.05, 0.1) is 5.97 Å². The van der Waals surface area contributed by atoms with Crippen molar-refractivity contribution >= 4 is 5.97 Å². The van der Waals surface area contributed by atoms with E-state index in [-0.39, 0.29) is 0 Å². The van der Waals surface area contributed by atoms with Crippen LogP contribution in [-0.2, 0) is 4.79 Å². The Hall–Kier alpha value is -1.71.